The Hall–Kier alpha value is -0.000000000000000111. The Morgan fingerprint density at radius 1 is 1.77 bits per heavy atom. The van der Waals surface area contributed by atoms with E-state index in [1.165, 1.54) is 4.88 Å². The number of nitrogens with zero attached hydrogens (tertiary/aromatic N) is 1. The average molecular weight is 280 g/mol. The summed E-state index contributed by atoms with van der Waals surface area (Å²) in [6, 6.07) is 2.02. The summed E-state index contributed by atoms with van der Waals surface area (Å²) >= 11 is 8.94. The van der Waals surface area contributed by atoms with Gasteiger partial charge < -0.3 is 4.90 Å². The van der Waals surface area contributed by atoms with Gasteiger partial charge in [0.25, 0.3) is 0 Å². The number of hydrogen-bond acceptors (Lipinski definition) is 3. The lowest BCUT2D eigenvalue weighted by molar-refractivity contribution is -0.127. The molecule has 0 saturated heterocycles. The Bertz CT molecular complexity index is 300. The molecule has 1 rings (SSSR count). The highest BCUT2D eigenvalue weighted by Gasteiger charge is 2.07. The highest BCUT2D eigenvalue weighted by Crippen LogP contribution is 2.20. The van der Waals surface area contributed by atoms with E-state index in [2.05, 4.69) is 28.6 Å². The van der Waals surface area contributed by atoms with Crippen molar-refractivity contribution in [1.29, 1.82) is 0 Å². The fourth-order valence-corrected chi connectivity index (χ4v) is 2.62. The van der Waals surface area contributed by atoms with Crippen LogP contribution >= 0.6 is 39.9 Å². The Kier molecular flexibility index (Phi) is 4.28. The largest absolute Gasteiger partial charge is 0.340 e. The lowest BCUT2D eigenvalue weighted by atomic mass is 10.4. The molecule has 0 aromatic carbocycles. The maximum Gasteiger partial charge on any atom is 0.232 e. The van der Waals surface area contributed by atoms with Gasteiger partial charge >= 0.3 is 0 Å². The molecule has 1 aromatic heterocycles. The van der Waals surface area contributed by atoms with Crippen LogP contribution in [-0.4, -0.2) is 23.6 Å². The van der Waals surface area contributed by atoms with Crippen LogP contribution in [-0.2, 0) is 11.3 Å². The molecule has 0 radical (unpaired) electrons. The summed E-state index contributed by atoms with van der Waals surface area (Å²) in [6.45, 7) is 0.662. The van der Waals surface area contributed by atoms with Crippen LogP contribution in [0.3, 0.4) is 0 Å². The molecule has 0 unspecified atom stereocenters. The van der Waals surface area contributed by atoms with E-state index in [9.17, 15) is 4.79 Å². The van der Waals surface area contributed by atoms with Crippen LogP contribution in [0.5, 0.6) is 0 Å². The molecule has 0 aliphatic heterocycles. The fraction of sp³-hybridized carbons (Fsp3) is 0.375. The number of halogens is 1. The first-order valence-electron chi connectivity index (χ1n) is 3.71. The summed E-state index contributed by atoms with van der Waals surface area (Å²) in [5, 5.41) is 2.01. The molecule has 1 amide bonds. The van der Waals surface area contributed by atoms with Crippen LogP contribution in [0.1, 0.15) is 4.88 Å². The highest BCUT2D eigenvalue weighted by atomic mass is 79.9. The van der Waals surface area contributed by atoms with E-state index in [0.29, 0.717) is 6.54 Å². The molecule has 0 aliphatic carbocycles. The van der Waals surface area contributed by atoms with Gasteiger partial charge in [-0.1, -0.05) is 0 Å². The Labute approximate surface area is 95.5 Å². The van der Waals surface area contributed by atoms with Gasteiger partial charge in [0, 0.05) is 21.8 Å². The van der Waals surface area contributed by atoms with E-state index in [1.54, 1.807) is 23.3 Å². The highest BCUT2D eigenvalue weighted by molar-refractivity contribution is 9.10. The molecule has 2 nitrogen and oxygen atoms in total. The van der Waals surface area contributed by atoms with Gasteiger partial charge in [-0.15, -0.1) is 11.3 Å². The Morgan fingerprint density at radius 2 is 2.46 bits per heavy atom. The zero-order valence-electron chi connectivity index (χ0n) is 7.16. The molecule has 0 saturated carbocycles. The third-order valence-corrected chi connectivity index (χ3v) is 3.53. The third-order valence-electron chi connectivity index (χ3n) is 1.58. The van der Waals surface area contributed by atoms with Gasteiger partial charge in [-0.05, 0) is 22.0 Å². The van der Waals surface area contributed by atoms with Gasteiger partial charge in [-0.2, -0.15) is 12.6 Å². The maximum atomic E-state index is 11.2. The molecule has 0 atom stereocenters. The second-order valence-corrected chi connectivity index (χ2v) is 4.87. The minimum atomic E-state index is 0.0489. The van der Waals surface area contributed by atoms with Crippen LogP contribution < -0.4 is 0 Å². The summed E-state index contributed by atoms with van der Waals surface area (Å²) in [6.07, 6.45) is 0. The van der Waals surface area contributed by atoms with Crippen molar-refractivity contribution in [2.75, 3.05) is 12.8 Å². The molecule has 72 valence electrons. The smallest absolute Gasteiger partial charge is 0.232 e. The molecule has 1 heterocycles. The minimum Gasteiger partial charge on any atom is -0.340 e. The number of thiophene rings is 1. The molecule has 0 bridgehead atoms. The van der Waals surface area contributed by atoms with Crippen molar-refractivity contribution in [3.8, 4) is 0 Å². The van der Waals surface area contributed by atoms with E-state index in [0.717, 1.165) is 4.47 Å². The average Bonchev–Trinajstić information content (AvgIpc) is 2.49. The summed E-state index contributed by atoms with van der Waals surface area (Å²) < 4.78 is 1.07. The van der Waals surface area contributed by atoms with Crippen LogP contribution in [0.25, 0.3) is 0 Å². The monoisotopic (exact) mass is 279 g/mol. The summed E-state index contributed by atoms with van der Waals surface area (Å²) in [4.78, 5) is 14.0. The molecule has 5 heteroatoms. The van der Waals surface area contributed by atoms with Gasteiger partial charge in [0.2, 0.25) is 5.91 Å². The predicted octanol–water partition coefficient (Wildman–Crippen LogP) is 2.40. The number of hydrogen-bond donors (Lipinski definition) is 1. The molecule has 1 aromatic rings. The Balaban J connectivity index is 2.54. The first-order valence-corrected chi connectivity index (χ1v) is 6.01. The first kappa shape index (κ1) is 11.1. The second-order valence-electron chi connectivity index (χ2n) is 2.64. The van der Waals surface area contributed by atoms with E-state index < -0.39 is 0 Å². The summed E-state index contributed by atoms with van der Waals surface area (Å²) in [7, 11) is 1.78. The van der Waals surface area contributed by atoms with E-state index in [1.807, 2.05) is 11.4 Å². The second kappa shape index (κ2) is 5.02. The molecule has 0 N–H and O–H groups in total. The number of carbonyl (C=O) groups is 1. The Morgan fingerprint density at radius 3 is 2.92 bits per heavy atom. The van der Waals surface area contributed by atoms with Gasteiger partial charge in [0.15, 0.2) is 0 Å². The standard InChI is InChI=1S/C8H10BrNOS2/c1-10(8(11)4-12)3-7-2-6(9)5-13-7/h2,5,12H,3-4H2,1H3. The topological polar surface area (TPSA) is 20.3 Å². The minimum absolute atomic E-state index is 0.0489. The predicted molar refractivity (Wildman–Crippen MR) is 62.3 cm³/mol. The zero-order chi connectivity index (χ0) is 9.84. The van der Waals surface area contributed by atoms with Crippen LogP contribution in [0.15, 0.2) is 15.9 Å². The number of carbonyl (C=O) groups excluding carboxylic acids is 1. The van der Waals surface area contributed by atoms with Crippen molar-refractivity contribution in [3.63, 3.8) is 0 Å². The van der Waals surface area contributed by atoms with Gasteiger partial charge in [-0.25, -0.2) is 0 Å². The molecule has 0 spiro atoms. The number of amides is 1. The lowest BCUT2D eigenvalue weighted by Gasteiger charge is -2.14. The molecule has 13 heavy (non-hydrogen) atoms. The zero-order valence-corrected chi connectivity index (χ0v) is 10.5. The SMILES string of the molecule is CN(Cc1cc(Br)cs1)C(=O)CS. The van der Waals surface area contributed by atoms with Gasteiger partial charge in [-0.3, -0.25) is 4.79 Å². The fourth-order valence-electron chi connectivity index (χ4n) is 0.879. The van der Waals surface area contributed by atoms with Crippen LogP contribution in [0.2, 0.25) is 0 Å². The first-order chi connectivity index (χ1) is 6.13. The third kappa shape index (κ3) is 3.32. The number of rotatable bonds is 3. The van der Waals surface area contributed by atoms with Crippen molar-refractivity contribution in [3.05, 3.63) is 20.8 Å². The molecule has 0 fully saturated rings. The van der Waals surface area contributed by atoms with Crippen molar-refractivity contribution in [2.45, 2.75) is 6.54 Å². The van der Waals surface area contributed by atoms with Crippen LogP contribution in [0, 0.1) is 0 Å². The van der Waals surface area contributed by atoms with E-state index in [-0.39, 0.29) is 11.7 Å². The number of thiol groups is 1. The van der Waals surface area contributed by atoms with Crippen LogP contribution in [0.4, 0.5) is 0 Å². The summed E-state index contributed by atoms with van der Waals surface area (Å²) in [5.74, 6) is 0.316. The molecule has 0 aliphatic rings. The van der Waals surface area contributed by atoms with Crippen molar-refractivity contribution in [2.24, 2.45) is 0 Å². The molecular weight excluding hydrogens is 270 g/mol. The summed E-state index contributed by atoms with van der Waals surface area (Å²) in [5.41, 5.74) is 0. The van der Waals surface area contributed by atoms with Crippen molar-refractivity contribution in [1.82, 2.24) is 4.90 Å². The van der Waals surface area contributed by atoms with E-state index in [4.69, 9.17) is 0 Å². The lowest BCUT2D eigenvalue weighted by Crippen LogP contribution is -2.26. The van der Waals surface area contributed by atoms with Crippen molar-refractivity contribution >= 4 is 45.8 Å². The van der Waals surface area contributed by atoms with Crippen molar-refractivity contribution < 1.29 is 4.79 Å². The quantitative estimate of drug-likeness (QED) is 0.843. The van der Waals surface area contributed by atoms with Gasteiger partial charge in [0.1, 0.15) is 0 Å². The van der Waals surface area contributed by atoms with E-state index >= 15 is 0 Å². The maximum absolute atomic E-state index is 11.2. The van der Waals surface area contributed by atoms with Gasteiger partial charge in [0.05, 0.1) is 12.3 Å². The normalized spacial score (nSPS) is 10.1. The molecular formula is C8H10BrNOS2.